The summed E-state index contributed by atoms with van der Waals surface area (Å²) < 4.78 is 5.83. The van der Waals surface area contributed by atoms with E-state index in [1.54, 1.807) is 0 Å². The van der Waals surface area contributed by atoms with Crippen molar-refractivity contribution in [2.75, 3.05) is 6.54 Å². The molecule has 2 nitrogen and oxygen atoms in total. The minimum atomic E-state index is 0.244. The van der Waals surface area contributed by atoms with Gasteiger partial charge in [0.05, 0.1) is 6.04 Å². The molecule has 0 saturated heterocycles. The van der Waals surface area contributed by atoms with Gasteiger partial charge < -0.3 is 10.1 Å². The first-order valence-electron chi connectivity index (χ1n) is 5.73. The van der Waals surface area contributed by atoms with Crippen molar-refractivity contribution in [3.05, 3.63) is 29.3 Å². The quantitative estimate of drug-likeness (QED) is 0.819. The summed E-state index contributed by atoms with van der Waals surface area (Å²) in [4.78, 5) is 0. The SMILES string of the molecule is CCCNC1c2ccc(C)cc2OC1C. The first-order chi connectivity index (χ1) is 7.22. The second-order valence-electron chi connectivity index (χ2n) is 4.30. The van der Waals surface area contributed by atoms with Crippen LogP contribution in [0, 0.1) is 6.92 Å². The molecular formula is C13H19NO. The molecular weight excluding hydrogens is 186 g/mol. The molecule has 0 aromatic heterocycles. The Hall–Kier alpha value is -1.02. The van der Waals surface area contributed by atoms with Gasteiger partial charge in [-0.1, -0.05) is 19.1 Å². The average Bonchev–Trinajstić information content (AvgIpc) is 2.50. The summed E-state index contributed by atoms with van der Waals surface area (Å²) in [5.74, 6) is 1.05. The number of nitrogens with one attached hydrogen (secondary N) is 1. The summed E-state index contributed by atoms with van der Waals surface area (Å²) in [6.07, 6.45) is 1.40. The van der Waals surface area contributed by atoms with Crippen LogP contribution in [0.5, 0.6) is 5.75 Å². The zero-order valence-electron chi connectivity index (χ0n) is 9.71. The lowest BCUT2D eigenvalue weighted by molar-refractivity contribution is 0.210. The number of rotatable bonds is 3. The van der Waals surface area contributed by atoms with Crippen LogP contribution in [0.25, 0.3) is 0 Å². The second-order valence-corrected chi connectivity index (χ2v) is 4.30. The molecule has 0 aliphatic carbocycles. The van der Waals surface area contributed by atoms with E-state index in [4.69, 9.17) is 4.74 Å². The monoisotopic (exact) mass is 205 g/mol. The zero-order chi connectivity index (χ0) is 10.8. The topological polar surface area (TPSA) is 21.3 Å². The van der Waals surface area contributed by atoms with Gasteiger partial charge in [-0.3, -0.25) is 0 Å². The maximum atomic E-state index is 5.83. The predicted octanol–water partition coefficient (Wildman–Crippen LogP) is 2.82. The van der Waals surface area contributed by atoms with Crippen LogP contribution < -0.4 is 10.1 Å². The summed E-state index contributed by atoms with van der Waals surface area (Å²) >= 11 is 0. The van der Waals surface area contributed by atoms with Crippen LogP contribution in [0.1, 0.15) is 37.4 Å². The third-order valence-electron chi connectivity index (χ3n) is 2.90. The highest BCUT2D eigenvalue weighted by Gasteiger charge is 2.30. The van der Waals surface area contributed by atoms with Crippen molar-refractivity contribution in [1.82, 2.24) is 5.32 Å². The third kappa shape index (κ3) is 2.00. The van der Waals surface area contributed by atoms with Crippen LogP contribution in [0.4, 0.5) is 0 Å². The third-order valence-corrected chi connectivity index (χ3v) is 2.90. The van der Waals surface area contributed by atoms with Crippen LogP contribution >= 0.6 is 0 Å². The number of hydrogen-bond acceptors (Lipinski definition) is 2. The van der Waals surface area contributed by atoms with Crippen molar-refractivity contribution < 1.29 is 4.74 Å². The molecule has 0 saturated carbocycles. The fourth-order valence-electron chi connectivity index (χ4n) is 2.10. The fourth-order valence-corrected chi connectivity index (χ4v) is 2.10. The van der Waals surface area contributed by atoms with Gasteiger partial charge in [-0.2, -0.15) is 0 Å². The molecule has 0 bridgehead atoms. The Kier molecular flexibility index (Phi) is 2.96. The largest absolute Gasteiger partial charge is 0.488 e. The van der Waals surface area contributed by atoms with Crippen molar-refractivity contribution in [1.29, 1.82) is 0 Å². The molecule has 1 heterocycles. The highest BCUT2D eigenvalue weighted by molar-refractivity contribution is 5.43. The van der Waals surface area contributed by atoms with E-state index in [0.29, 0.717) is 6.04 Å². The van der Waals surface area contributed by atoms with E-state index in [0.717, 1.165) is 18.7 Å². The molecule has 0 amide bonds. The van der Waals surface area contributed by atoms with Gasteiger partial charge in [0.15, 0.2) is 0 Å². The summed E-state index contributed by atoms with van der Waals surface area (Å²) in [7, 11) is 0. The number of fused-ring (bicyclic) bond motifs is 1. The van der Waals surface area contributed by atoms with E-state index in [2.05, 4.69) is 44.3 Å². The zero-order valence-corrected chi connectivity index (χ0v) is 9.71. The second kappa shape index (κ2) is 4.23. The molecule has 2 unspecified atom stereocenters. The Bertz CT molecular complexity index is 348. The molecule has 0 radical (unpaired) electrons. The number of hydrogen-bond donors (Lipinski definition) is 1. The minimum absolute atomic E-state index is 0.244. The van der Waals surface area contributed by atoms with Gasteiger partial charge in [0.25, 0.3) is 0 Å². The van der Waals surface area contributed by atoms with Crippen LogP contribution in [-0.4, -0.2) is 12.6 Å². The number of ether oxygens (including phenoxy) is 1. The van der Waals surface area contributed by atoms with Gasteiger partial charge in [-0.05, 0) is 38.4 Å². The molecule has 2 rings (SSSR count). The lowest BCUT2D eigenvalue weighted by atomic mass is 10.0. The summed E-state index contributed by atoms with van der Waals surface area (Å²) in [5.41, 5.74) is 2.57. The maximum Gasteiger partial charge on any atom is 0.124 e. The lowest BCUT2D eigenvalue weighted by Gasteiger charge is -2.15. The van der Waals surface area contributed by atoms with E-state index in [-0.39, 0.29) is 6.10 Å². The molecule has 1 aliphatic heterocycles. The van der Waals surface area contributed by atoms with Crippen LogP contribution in [0.2, 0.25) is 0 Å². The molecule has 1 aromatic carbocycles. The highest BCUT2D eigenvalue weighted by atomic mass is 16.5. The molecule has 15 heavy (non-hydrogen) atoms. The highest BCUT2D eigenvalue weighted by Crippen LogP contribution is 2.36. The smallest absolute Gasteiger partial charge is 0.124 e. The molecule has 1 aromatic rings. The number of benzene rings is 1. The van der Waals surface area contributed by atoms with E-state index in [1.807, 2.05) is 0 Å². The molecule has 82 valence electrons. The Morgan fingerprint density at radius 2 is 2.20 bits per heavy atom. The summed E-state index contributed by atoms with van der Waals surface area (Å²) in [5, 5.41) is 3.53. The Morgan fingerprint density at radius 3 is 2.93 bits per heavy atom. The maximum absolute atomic E-state index is 5.83. The van der Waals surface area contributed by atoms with Gasteiger partial charge in [0.1, 0.15) is 11.9 Å². The van der Waals surface area contributed by atoms with E-state index < -0.39 is 0 Å². The minimum Gasteiger partial charge on any atom is -0.488 e. The van der Waals surface area contributed by atoms with Gasteiger partial charge in [0, 0.05) is 5.56 Å². The summed E-state index contributed by atoms with van der Waals surface area (Å²) in [6, 6.07) is 6.82. The van der Waals surface area contributed by atoms with E-state index in [1.165, 1.54) is 11.1 Å². The Labute approximate surface area is 91.6 Å². The first-order valence-corrected chi connectivity index (χ1v) is 5.73. The van der Waals surface area contributed by atoms with Gasteiger partial charge in [-0.25, -0.2) is 0 Å². The van der Waals surface area contributed by atoms with Crippen molar-refractivity contribution >= 4 is 0 Å². The van der Waals surface area contributed by atoms with Crippen LogP contribution in [0.3, 0.4) is 0 Å². The van der Waals surface area contributed by atoms with Gasteiger partial charge in [-0.15, -0.1) is 0 Å². The average molecular weight is 205 g/mol. The van der Waals surface area contributed by atoms with Gasteiger partial charge >= 0.3 is 0 Å². The van der Waals surface area contributed by atoms with Gasteiger partial charge in [0.2, 0.25) is 0 Å². The standard InChI is InChI=1S/C13H19NO/c1-4-7-14-13-10(3)15-12-8-9(2)5-6-11(12)13/h5-6,8,10,13-14H,4,7H2,1-3H3. The van der Waals surface area contributed by atoms with Crippen LogP contribution in [0.15, 0.2) is 18.2 Å². The van der Waals surface area contributed by atoms with E-state index in [9.17, 15) is 0 Å². The normalized spacial score (nSPS) is 23.7. The summed E-state index contributed by atoms with van der Waals surface area (Å²) in [6.45, 7) is 7.46. The molecule has 1 aliphatic rings. The van der Waals surface area contributed by atoms with Crippen LogP contribution in [-0.2, 0) is 0 Å². The van der Waals surface area contributed by atoms with Crippen molar-refractivity contribution in [2.45, 2.75) is 39.3 Å². The lowest BCUT2D eigenvalue weighted by Crippen LogP contribution is -2.29. The first kappa shape index (κ1) is 10.5. The fraction of sp³-hybridized carbons (Fsp3) is 0.538. The van der Waals surface area contributed by atoms with Crippen molar-refractivity contribution in [3.63, 3.8) is 0 Å². The molecule has 1 N–H and O–H groups in total. The molecule has 0 fully saturated rings. The molecule has 2 heteroatoms. The predicted molar refractivity (Wildman–Crippen MR) is 62.3 cm³/mol. The molecule has 0 spiro atoms. The van der Waals surface area contributed by atoms with E-state index >= 15 is 0 Å². The van der Waals surface area contributed by atoms with Crippen molar-refractivity contribution in [3.8, 4) is 5.75 Å². The molecule has 2 atom stereocenters. The van der Waals surface area contributed by atoms with Crippen molar-refractivity contribution in [2.24, 2.45) is 0 Å². The Balaban J connectivity index is 2.21. The Morgan fingerprint density at radius 1 is 1.40 bits per heavy atom. The number of aryl methyl sites for hydroxylation is 1.